The molecule has 0 aromatic heterocycles. The van der Waals surface area contributed by atoms with Crippen molar-refractivity contribution in [1.82, 2.24) is 0 Å². The van der Waals surface area contributed by atoms with Crippen LogP contribution >= 0.6 is 11.6 Å². The van der Waals surface area contributed by atoms with Gasteiger partial charge in [0.15, 0.2) is 0 Å². The first-order valence-corrected chi connectivity index (χ1v) is 5.71. The van der Waals surface area contributed by atoms with Crippen LogP contribution in [0.15, 0.2) is 18.2 Å². The van der Waals surface area contributed by atoms with Crippen LogP contribution in [0, 0.1) is 0 Å². The molecule has 1 fully saturated rings. The van der Waals surface area contributed by atoms with Gasteiger partial charge in [0.05, 0.1) is 24.3 Å². The molecule has 1 aromatic rings. The molecule has 0 aliphatic carbocycles. The van der Waals surface area contributed by atoms with E-state index >= 15 is 0 Å². The summed E-state index contributed by atoms with van der Waals surface area (Å²) in [7, 11) is 1.59. The minimum Gasteiger partial charge on any atom is -0.495 e. The molecule has 1 aliphatic rings. The van der Waals surface area contributed by atoms with E-state index in [9.17, 15) is 5.11 Å². The standard InChI is InChI=1S/C12H15ClO3/c1-15-11-3-2-8(6-10(11)13)12-7-9(14)4-5-16-12/h2-3,6,9,12,14H,4-5,7H2,1H3. The number of ether oxygens (including phenoxy) is 2. The van der Waals surface area contributed by atoms with Gasteiger partial charge in [0, 0.05) is 13.0 Å². The SMILES string of the molecule is COc1ccc(C2CC(O)CCO2)cc1Cl. The van der Waals surface area contributed by atoms with E-state index in [4.69, 9.17) is 21.1 Å². The minimum atomic E-state index is -0.278. The summed E-state index contributed by atoms with van der Waals surface area (Å²) in [6.45, 7) is 0.593. The van der Waals surface area contributed by atoms with Crippen molar-refractivity contribution in [3.8, 4) is 5.75 Å². The largest absolute Gasteiger partial charge is 0.495 e. The van der Waals surface area contributed by atoms with Gasteiger partial charge in [-0.3, -0.25) is 0 Å². The third-order valence-electron chi connectivity index (χ3n) is 2.80. The van der Waals surface area contributed by atoms with Gasteiger partial charge in [-0.25, -0.2) is 0 Å². The topological polar surface area (TPSA) is 38.7 Å². The number of aliphatic hydroxyl groups is 1. The van der Waals surface area contributed by atoms with Gasteiger partial charge in [0.1, 0.15) is 5.75 Å². The molecule has 1 heterocycles. The average Bonchev–Trinajstić information content (AvgIpc) is 2.29. The molecule has 1 N–H and O–H groups in total. The van der Waals surface area contributed by atoms with Crippen LogP contribution < -0.4 is 4.74 Å². The Morgan fingerprint density at radius 2 is 2.31 bits per heavy atom. The van der Waals surface area contributed by atoms with Crippen molar-refractivity contribution in [2.24, 2.45) is 0 Å². The fourth-order valence-electron chi connectivity index (χ4n) is 1.89. The molecule has 2 unspecified atom stereocenters. The predicted octanol–water partition coefficient (Wildman–Crippen LogP) is 2.56. The number of hydrogen-bond donors (Lipinski definition) is 1. The van der Waals surface area contributed by atoms with Crippen molar-refractivity contribution < 1.29 is 14.6 Å². The summed E-state index contributed by atoms with van der Waals surface area (Å²) >= 11 is 6.04. The summed E-state index contributed by atoms with van der Waals surface area (Å²) in [5.41, 5.74) is 0.990. The Morgan fingerprint density at radius 1 is 1.50 bits per heavy atom. The van der Waals surface area contributed by atoms with E-state index in [1.54, 1.807) is 7.11 Å². The lowest BCUT2D eigenvalue weighted by Crippen LogP contribution is -2.23. The highest BCUT2D eigenvalue weighted by Gasteiger charge is 2.22. The molecule has 3 nitrogen and oxygen atoms in total. The molecule has 2 rings (SSSR count). The molecule has 0 bridgehead atoms. The molecule has 4 heteroatoms. The lowest BCUT2D eigenvalue weighted by atomic mass is 9.99. The monoisotopic (exact) mass is 242 g/mol. The quantitative estimate of drug-likeness (QED) is 0.866. The lowest BCUT2D eigenvalue weighted by Gasteiger charge is -2.27. The molecular weight excluding hydrogens is 228 g/mol. The van der Waals surface area contributed by atoms with Crippen LogP contribution in [0.2, 0.25) is 5.02 Å². The highest BCUT2D eigenvalue weighted by atomic mass is 35.5. The Hall–Kier alpha value is -0.770. The Kier molecular flexibility index (Phi) is 3.69. The summed E-state index contributed by atoms with van der Waals surface area (Å²) < 4.78 is 10.7. The van der Waals surface area contributed by atoms with Gasteiger partial charge in [-0.05, 0) is 24.1 Å². The molecular formula is C12H15ClO3. The molecule has 1 aromatic carbocycles. The third kappa shape index (κ3) is 2.48. The van der Waals surface area contributed by atoms with Crippen LogP contribution in [0.25, 0.3) is 0 Å². The summed E-state index contributed by atoms with van der Waals surface area (Å²) in [6, 6.07) is 5.58. The van der Waals surface area contributed by atoms with Crippen LogP contribution in [0.5, 0.6) is 5.75 Å². The van der Waals surface area contributed by atoms with Crippen LogP contribution in [0.4, 0.5) is 0 Å². The molecule has 2 atom stereocenters. The zero-order valence-corrected chi connectivity index (χ0v) is 9.91. The summed E-state index contributed by atoms with van der Waals surface area (Å²) in [5.74, 6) is 0.654. The van der Waals surface area contributed by atoms with Crippen molar-refractivity contribution in [2.45, 2.75) is 25.0 Å². The van der Waals surface area contributed by atoms with Gasteiger partial charge in [-0.1, -0.05) is 17.7 Å². The predicted molar refractivity (Wildman–Crippen MR) is 61.9 cm³/mol. The van der Waals surface area contributed by atoms with Crippen molar-refractivity contribution in [3.63, 3.8) is 0 Å². The Balaban J connectivity index is 2.17. The van der Waals surface area contributed by atoms with E-state index in [1.165, 1.54) is 0 Å². The second kappa shape index (κ2) is 5.04. The molecule has 16 heavy (non-hydrogen) atoms. The number of hydrogen-bond acceptors (Lipinski definition) is 3. The fourth-order valence-corrected chi connectivity index (χ4v) is 2.16. The van der Waals surface area contributed by atoms with Gasteiger partial charge in [-0.2, -0.15) is 0 Å². The summed E-state index contributed by atoms with van der Waals surface area (Å²) in [5, 5.41) is 10.1. The zero-order chi connectivity index (χ0) is 11.5. The zero-order valence-electron chi connectivity index (χ0n) is 9.15. The van der Waals surface area contributed by atoms with Crippen molar-refractivity contribution >= 4 is 11.6 Å². The van der Waals surface area contributed by atoms with E-state index in [1.807, 2.05) is 18.2 Å². The first-order valence-electron chi connectivity index (χ1n) is 5.34. The van der Waals surface area contributed by atoms with Gasteiger partial charge >= 0.3 is 0 Å². The highest BCUT2D eigenvalue weighted by Crippen LogP contribution is 2.33. The molecule has 0 saturated carbocycles. The number of aliphatic hydroxyl groups excluding tert-OH is 1. The first-order chi connectivity index (χ1) is 7.70. The van der Waals surface area contributed by atoms with Crippen LogP contribution in [0.3, 0.4) is 0 Å². The van der Waals surface area contributed by atoms with Crippen molar-refractivity contribution in [1.29, 1.82) is 0 Å². The molecule has 88 valence electrons. The van der Waals surface area contributed by atoms with Crippen LogP contribution in [-0.2, 0) is 4.74 Å². The van der Waals surface area contributed by atoms with Gasteiger partial charge < -0.3 is 14.6 Å². The fraction of sp³-hybridized carbons (Fsp3) is 0.500. The van der Waals surface area contributed by atoms with Crippen LogP contribution in [-0.4, -0.2) is 24.9 Å². The maximum absolute atomic E-state index is 9.57. The van der Waals surface area contributed by atoms with Crippen molar-refractivity contribution in [2.75, 3.05) is 13.7 Å². The van der Waals surface area contributed by atoms with E-state index < -0.39 is 0 Å². The average molecular weight is 243 g/mol. The minimum absolute atomic E-state index is 0.0628. The smallest absolute Gasteiger partial charge is 0.137 e. The Morgan fingerprint density at radius 3 is 2.94 bits per heavy atom. The highest BCUT2D eigenvalue weighted by molar-refractivity contribution is 6.32. The molecule has 1 saturated heterocycles. The number of rotatable bonds is 2. The number of methoxy groups -OCH3 is 1. The maximum atomic E-state index is 9.57. The van der Waals surface area contributed by atoms with Gasteiger partial charge in [0.25, 0.3) is 0 Å². The number of halogens is 1. The van der Waals surface area contributed by atoms with Gasteiger partial charge in [0.2, 0.25) is 0 Å². The van der Waals surface area contributed by atoms with E-state index in [-0.39, 0.29) is 12.2 Å². The van der Waals surface area contributed by atoms with E-state index in [2.05, 4.69) is 0 Å². The Labute approximate surface area is 99.9 Å². The second-order valence-electron chi connectivity index (χ2n) is 3.93. The summed E-state index contributed by atoms with van der Waals surface area (Å²) in [6.07, 6.45) is 0.995. The summed E-state index contributed by atoms with van der Waals surface area (Å²) in [4.78, 5) is 0. The van der Waals surface area contributed by atoms with Crippen LogP contribution in [0.1, 0.15) is 24.5 Å². The van der Waals surface area contributed by atoms with E-state index in [0.29, 0.717) is 30.2 Å². The maximum Gasteiger partial charge on any atom is 0.137 e. The second-order valence-corrected chi connectivity index (χ2v) is 4.34. The molecule has 0 amide bonds. The van der Waals surface area contributed by atoms with Gasteiger partial charge in [-0.15, -0.1) is 0 Å². The third-order valence-corrected chi connectivity index (χ3v) is 3.10. The normalized spacial score (nSPS) is 25.4. The first kappa shape index (κ1) is 11.7. The molecule has 1 aliphatic heterocycles. The number of benzene rings is 1. The molecule has 0 spiro atoms. The Bertz CT molecular complexity index is 367. The van der Waals surface area contributed by atoms with E-state index in [0.717, 1.165) is 5.56 Å². The van der Waals surface area contributed by atoms with Crippen molar-refractivity contribution in [3.05, 3.63) is 28.8 Å². The lowest BCUT2D eigenvalue weighted by molar-refractivity contribution is -0.0447. The molecule has 0 radical (unpaired) electrons.